The van der Waals surface area contributed by atoms with Gasteiger partial charge in [0.1, 0.15) is 11.8 Å². The van der Waals surface area contributed by atoms with Gasteiger partial charge in [-0.25, -0.2) is 0 Å². The molecule has 108 valence electrons. The minimum absolute atomic E-state index is 0.617. The van der Waals surface area contributed by atoms with Crippen LogP contribution >= 0.6 is 0 Å². The number of nitriles is 1. The van der Waals surface area contributed by atoms with Gasteiger partial charge in [0.15, 0.2) is 0 Å². The van der Waals surface area contributed by atoms with E-state index in [1.807, 2.05) is 12.1 Å². The van der Waals surface area contributed by atoms with E-state index in [2.05, 4.69) is 36.0 Å². The monoisotopic (exact) mass is 273 g/mol. The van der Waals surface area contributed by atoms with Gasteiger partial charge < -0.3 is 9.64 Å². The lowest BCUT2D eigenvalue weighted by atomic mass is 10.0. The van der Waals surface area contributed by atoms with Crippen molar-refractivity contribution < 1.29 is 4.74 Å². The molecule has 4 heteroatoms. The molecular formula is C16H23N3O. The Morgan fingerprint density at radius 2 is 2.25 bits per heavy atom. The highest BCUT2D eigenvalue weighted by atomic mass is 16.5. The van der Waals surface area contributed by atoms with Crippen molar-refractivity contribution >= 4 is 0 Å². The largest absolute Gasteiger partial charge is 0.495 e. The molecule has 1 heterocycles. The molecule has 1 atom stereocenters. The van der Waals surface area contributed by atoms with Gasteiger partial charge in [-0.15, -0.1) is 0 Å². The van der Waals surface area contributed by atoms with E-state index in [0.717, 1.165) is 19.6 Å². The molecular weight excluding hydrogens is 250 g/mol. The topological polar surface area (TPSA) is 39.5 Å². The van der Waals surface area contributed by atoms with E-state index in [0.29, 0.717) is 17.4 Å². The molecule has 0 saturated carbocycles. The smallest absolute Gasteiger partial charge is 0.136 e. The number of ether oxygens (including phenoxy) is 1. The second-order valence-electron chi connectivity index (χ2n) is 5.64. The van der Waals surface area contributed by atoms with Crippen LogP contribution in [0, 0.1) is 11.3 Å². The van der Waals surface area contributed by atoms with Crippen molar-refractivity contribution in [3.63, 3.8) is 0 Å². The van der Waals surface area contributed by atoms with Crippen LogP contribution in [0.1, 0.15) is 24.0 Å². The van der Waals surface area contributed by atoms with Crippen molar-refractivity contribution in [3.8, 4) is 11.8 Å². The van der Waals surface area contributed by atoms with Gasteiger partial charge in [0.05, 0.1) is 12.7 Å². The average molecular weight is 273 g/mol. The summed E-state index contributed by atoms with van der Waals surface area (Å²) in [4.78, 5) is 4.78. The predicted molar refractivity (Wildman–Crippen MR) is 79.7 cm³/mol. The zero-order valence-corrected chi connectivity index (χ0v) is 12.6. The molecule has 20 heavy (non-hydrogen) atoms. The third-order valence-electron chi connectivity index (χ3n) is 4.00. The lowest BCUT2D eigenvalue weighted by molar-refractivity contribution is 0.128. The van der Waals surface area contributed by atoms with E-state index in [1.54, 1.807) is 7.11 Å². The number of hydrogen-bond acceptors (Lipinski definition) is 4. The number of nitrogens with zero attached hydrogens (tertiary/aromatic N) is 3. The summed E-state index contributed by atoms with van der Waals surface area (Å²) in [6.45, 7) is 3.14. The minimum atomic E-state index is 0.617. The highest BCUT2D eigenvalue weighted by Crippen LogP contribution is 2.21. The fraction of sp³-hybridized carbons (Fsp3) is 0.562. The summed E-state index contributed by atoms with van der Waals surface area (Å²) in [7, 11) is 5.90. The number of hydrogen-bond donors (Lipinski definition) is 0. The highest BCUT2D eigenvalue weighted by Gasteiger charge is 2.21. The molecule has 0 amide bonds. The molecule has 2 rings (SSSR count). The molecule has 1 fully saturated rings. The zero-order valence-electron chi connectivity index (χ0n) is 12.6. The average Bonchev–Trinajstić information content (AvgIpc) is 2.47. The lowest BCUT2D eigenvalue weighted by Gasteiger charge is -2.36. The molecule has 0 aliphatic carbocycles. The predicted octanol–water partition coefficient (Wildman–Crippen LogP) is 2.09. The van der Waals surface area contributed by atoms with Gasteiger partial charge in [-0.2, -0.15) is 5.26 Å². The number of methoxy groups -OCH3 is 1. The van der Waals surface area contributed by atoms with Gasteiger partial charge in [-0.3, -0.25) is 4.90 Å². The standard InChI is InChI=1S/C16H23N3O/c1-18(2)15-5-4-8-19(12-15)11-13-6-7-16(20-3)14(9-13)10-17/h6-7,9,15H,4-5,8,11-12H2,1-3H3. The van der Waals surface area contributed by atoms with Crippen LogP contribution in [0.25, 0.3) is 0 Å². The molecule has 0 bridgehead atoms. The first kappa shape index (κ1) is 14.8. The fourth-order valence-corrected chi connectivity index (χ4v) is 2.80. The maximum absolute atomic E-state index is 9.14. The van der Waals surface area contributed by atoms with Gasteiger partial charge in [0, 0.05) is 19.1 Å². The van der Waals surface area contributed by atoms with Crippen LogP contribution in [-0.2, 0) is 6.54 Å². The number of likely N-dealkylation sites (N-methyl/N-ethyl adjacent to an activating group) is 1. The molecule has 1 aromatic carbocycles. The van der Waals surface area contributed by atoms with E-state index >= 15 is 0 Å². The van der Waals surface area contributed by atoms with Gasteiger partial charge in [-0.05, 0) is 51.2 Å². The van der Waals surface area contributed by atoms with E-state index in [1.165, 1.54) is 18.4 Å². The Hall–Kier alpha value is -1.57. The Morgan fingerprint density at radius 3 is 2.90 bits per heavy atom. The Labute approximate surface area is 121 Å². The fourth-order valence-electron chi connectivity index (χ4n) is 2.80. The van der Waals surface area contributed by atoms with Crippen molar-refractivity contribution in [3.05, 3.63) is 29.3 Å². The number of benzene rings is 1. The van der Waals surface area contributed by atoms with E-state index in [9.17, 15) is 0 Å². The van der Waals surface area contributed by atoms with Crippen LogP contribution in [0.3, 0.4) is 0 Å². The lowest BCUT2D eigenvalue weighted by Crippen LogP contribution is -2.44. The summed E-state index contributed by atoms with van der Waals surface area (Å²) in [5.41, 5.74) is 1.80. The third kappa shape index (κ3) is 3.50. The Balaban J connectivity index is 2.05. The Morgan fingerprint density at radius 1 is 1.45 bits per heavy atom. The van der Waals surface area contributed by atoms with E-state index in [4.69, 9.17) is 10.00 Å². The van der Waals surface area contributed by atoms with Crippen molar-refractivity contribution in [1.29, 1.82) is 5.26 Å². The number of likely N-dealkylation sites (tertiary alicyclic amines) is 1. The van der Waals surface area contributed by atoms with Crippen LogP contribution in [0.2, 0.25) is 0 Å². The molecule has 0 aromatic heterocycles. The summed E-state index contributed by atoms with van der Waals surface area (Å²) in [5, 5.41) is 9.14. The molecule has 0 radical (unpaired) electrons. The van der Waals surface area contributed by atoms with Gasteiger partial charge >= 0.3 is 0 Å². The van der Waals surface area contributed by atoms with Crippen molar-refractivity contribution in [2.45, 2.75) is 25.4 Å². The molecule has 1 saturated heterocycles. The second kappa shape index (κ2) is 6.74. The van der Waals surface area contributed by atoms with Gasteiger partial charge in [0.2, 0.25) is 0 Å². The SMILES string of the molecule is COc1ccc(CN2CCCC(N(C)C)C2)cc1C#N. The van der Waals surface area contributed by atoms with Gasteiger partial charge in [0.25, 0.3) is 0 Å². The van der Waals surface area contributed by atoms with Crippen molar-refractivity contribution in [2.75, 3.05) is 34.3 Å². The quantitative estimate of drug-likeness (QED) is 0.842. The maximum atomic E-state index is 9.14. The van der Waals surface area contributed by atoms with Crippen LogP contribution in [0.15, 0.2) is 18.2 Å². The number of piperidine rings is 1. The molecule has 0 spiro atoms. The highest BCUT2D eigenvalue weighted by molar-refractivity contribution is 5.45. The van der Waals surface area contributed by atoms with Crippen LogP contribution in [-0.4, -0.2) is 50.1 Å². The molecule has 4 nitrogen and oxygen atoms in total. The van der Waals surface area contributed by atoms with Crippen LogP contribution < -0.4 is 4.74 Å². The maximum Gasteiger partial charge on any atom is 0.136 e. The van der Waals surface area contributed by atoms with E-state index < -0.39 is 0 Å². The summed E-state index contributed by atoms with van der Waals surface area (Å²) >= 11 is 0. The number of rotatable bonds is 4. The summed E-state index contributed by atoms with van der Waals surface area (Å²) in [5.74, 6) is 0.654. The second-order valence-corrected chi connectivity index (χ2v) is 5.64. The Kier molecular flexibility index (Phi) is 4.99. The summed E-state index contributed by atoms with van der Waals surface area (Å²) in [6.07, 6.45) is 2.51. The molecule has 1 aliphatic rings. The summed E-state index contributed by atoms with van der Waals surface area (Å²) in [6, 6.07) is 8.72. The third-order valence-corrected chi connectivity index (χ3v) is 4.00. The van der Waals surface area contributed by atoms with E-state index in [-0.39, 0.29) is 0 Å². The zero-order chi connectivity index (χ0) is 14.5. The normalized spacial score (nSPS) is 19.9. The molecule has 1 aromatic rings. The van der Waals surface area contributed by atoms with Crippen molar-refractivity contribution in [2.24, 2.45) is 0 Å². The van der Waals surface area contributed by atoms with Crippen LogP contribution in [0.5, 0.6) is 5.75 Å². The minimum Gasteiger partial charge on any atom is -0.495 e. The Bertz CT molecular complexity index is 493. The molecule has 1 unspecified atom stereocenters. The first-order valence-electron chi connectivity index (χ1n) is 7.10. The van der Waals surface area contributed by atoms with Gasteiger partial charge in [-0.1, -0.05) is 6.07 Å². The summed E-state index contributed by atoms with van der Waals surface area (Å²) < 4.78 is 5.19. The van der Waals surface area contributed by atoms with Crippen LogP contribution in [0.4, 0.5) is 0 Å². The first-order valence-corrected chi connectivity index (χ1v) is 7.10. The first-order chi connectivity index (χ1) is 9.63. The van der Waals surface area contributed by atoms with Crippen molar-refractivity contribution in [1.82, 2.24) is 9.80 Å². The molecule has 1 aliphatic heterocycles. The molecule has 0 N–H and O–H groups in total.